The van der Waals surface area contributed by atoms with Crippen LogP contribution in [0.3, 0.4) is 0 Å². The molecular weight excluding hydrogens is 427 g/mol. The highest BCUT2D eigenvalue weighted by Crippen LogP contribution is 2.52. The predicted molar refractivity (Wildman–Crippen MR) is 111 cm³/mol. The molecule has 0 amide bonds. The summed E-state index contributed by atoms with van der Waals surface area (Å²) in [6, 6.07) is 20.8. The first kappa shape index (κ1) is 18.1. The molecule has 0 bridgehead atoms. The maximum atomic E-state index is 14.6. The van der Waals surface area contributed by atoms with Crippen molar-refractivity contribution < 1.29 is 18.8 Å². The highest BCUT2D eigenvalue weighted by Gasteiger charge is 2.36. The van der Waals surface area contributed by atoms with Gasteiger partial charge in [0, 0.05) is 15.9 Å². The minimum atomic E-state index is -3.16. The second-order valence-electron chi connectivity index (χ2n) is 5.99. The van der Waals surface area contributed by atoms with Crippen molar-refractivity contribution in [2.24, 2.45) is 0 Å². The second-order valence-corrected chi connectivity index (χ2v) is 9.51. The van der Waals surface area contributed by atoms with Gasteiger partial charge in [-0.05, 0) is 28.9 Å². The van der Waals surface area contributed by atoms with Crippen LogP contribution in [-0.4, -0.2) is 13.4 Å². The average molecular weight is 445 g/mol. The van der Waals surface area contributed by atoms with Crippen LogP contribution in [0.15, 0.2) is 71.2 Å². The second kappa shape index (κ2) is 7.41. The largest absolute Gasteiger partial charge is 0.490 e. The molecule has 1 aliphatic rings. The van der Waals surface area contributed by atoms with E-state index in [-0.39, 0.29) is 6.79 Å². The molecule has 4 rings (SSSR count). The lowest BCUT2D eigenvalue weighted by atomic mass is 10.3. The normalized spacial score (nSPS) is 12.8. The van der Waals surface area contributed by atoms with Crippen molar-refractivity contribution in [2.45, 2.75) is 6.92 Å². The quantitative estimate of drug-likeness (QED) is 0.552. The Morgan fingerprint density at radius 2 is 1.52 bits per heavy atom. The number of rotatable bonds is 5. The summed E-state index contributed by atoms with van der Waals surface area (Å²) in [7, 11) is -3.16. The van der Waals surface area contributed by atoms with Crippen LogP contribution >= 0.6 is 23.1 Å². The van der Waals surface area contributed by atoms with E-state index >= 15 is 0 Å². The minimum absolute atomic E-state index is 0.110. The van der Waals surface area contributed by atoms with Crippen LogP contribution in [0.4, 0.5) is 0 Å². The van der Waals surface area contributed by atoms with E-state index in [1.807, 2.05) is 73.7 Å². The fourth-order valence-corrected chi connectivity index (χ4v) is 7.06. The maximum Gasteiger partial charge on any atom is 0.231 e. The first-order valence-corrected chi connectivity index (χ1v) is 11.1. The molecule has 3 aromatic rings. The van der Waals surface area contributed by atoms with Crippen molar-refractivity contribution in [2.75, 3.05) is 13.4 Å². The Hall–Kier alpha value is -2.23. The van der Waals surface area contributed by atoms with Crippen molar-refractivity contribution in [3.8, 4) is 17.2 Å². The first-order valence-electron chi connectivity index (χ1n) is 8.63. The molecule has 0 atom stereocenters. The number of fused-ring (bicyclic) bond motifs is 1. The molecule has 0 fully saturated rings. The zero-order valence-electron chi connectivity index (χ0n) is 14.7. The van der Waals surface area contributed by atoms with Gasteiger partial charge in [-0.3, -0.25) is 0 Å². The average Bonchev–Trinajstić information content (AvgIpc) is 3.22. The number of benzene rings is 3. The molecule has 4 nitrogen and oxygen atoms in total. The number of halogens is 1. The zero-order valence-corrected chi connectivity index (χ0v) is 17.2. The van der Waals surface area contributed by atoms with Crippen molar-refractivity contribution in [3.63, 3.8) is 0 Å². The van der Waals surface area contributed by atoms with E-state index in [2.05, 4.69) is 15.9 Å². The van der Waals surface area contributed by atoms with E-state index in [4.69, 9.17) is 14.2 Å². The topological polar surface area (TPSA) is 44.8 Å². The van der Waals surface area contributed by atoms with Crippen LogP contribution in [0.25, 0.3) is 0 Å². The van der Waals surface area contributed by atoms with Crippen LogP contribution in [0, 0.1) is 0 Å². The van der Waals surface area contributed by atoms with Gasteiger partial charge in [-0.1, -0.05) is 60.7 Å². The molecule has 1 aliphatic heterocycles. The Kier molecular flexibility index (Phi) is 4.98. The highest BCUT2D eigenvalue weighted by atomic mass is 79.9. The lowest BCUT2D eigenvalue weighted by Gasteiger charge is -2.22. The molecule has 0 aliphatic carbocycles. The molecule has 0 radical (unpaired) electrons. The van der Waals surface area contributed by atoms with Gasteiger partial charge in [-0.25, -0.2) is 0 Å². The lowest BCUT2D eigenvalue weighted by Crippen LogP contribution is -2.26. The maximum absolute atomic E-state index is 14.6. The molecule has 1 heterocycles. The molecule has 6 heteroatoms. The Labute approximate surface area is 166 Å². The molecular formula is C21H18BrO4P. The van der Waals surface area contributed by atoms with Crippen LogP contribution < -0.4 is 30.1 Å². The third-order valence-electron chi connectivity index (χ3n) is 4.41. The van der Waals surface area contributed by atoms with Gasteiger partial charge in [0.25, 0.3) is 0 Å². The summed E-state index contributed by atoms with van der Waals surface area (Å²) < 4.78 is 32.2. The van der Waals surface area contributed by atoms with E-state index in [0.717, 1.165) is 10.6 Å². The molecule has 3 aromatic carbocycles. The number of ether oxygens (including phenoxy) is 3. The van der Waals surface area contributed by atoms with E-state index in [0.29, 0.717) is 33.6 Å². The fourth-order valence-electron chi connectivity index (χ4n) is 3.19. The monoisotopic (exact) mass is 444 g/mol. The molecule has 0 aromatic heterocycles. The summed E-state index contributed by atoms with van der Waals surface area (Å²) in [6.07, 6.45) is 0. The zero-order chi connectivity index (χ0) is 18.9. The van der Waals surface area contributed by atoms with Gasteiger partial charge in [-0.2, -0.15) is 0 Å². The summed E-state index contributed by atoms with van der Waals surface area (Å²) in [4.78, 5) is 0. The van der Waals surface area contributed by atoms with Gasteiger partial charge in [0.2, 0.25) is 12.5 Å². The van der Waals surface area contributed by atoms with Gasteiger partial charge in [-0.15, -0.1) is 0 Å². The third-order valence-corrected chi connectivity index (χ3v) is 8.58. The van der Waals surface area contributed by atoms with Crippen LogP contribution in [0.5, 0.6) is 17.2 Å². The van der Waals surface area contributed by atoms with E-state index in [9.17, 15) is 4.57 Å². The van der Waals surface area contributed by atoms with Crippen molar-refractivity contribution in [1.29, 1.82) is 0 Å². The van der Waals surface area contributed by atoms with Gasteiger partial charge >= 0.3 is 0 Å². The number of hydrogen-bond acceptors (Lipinski definition) is 4. The molecule has 138 valence electrons. The van der Waals surface area contributed by atoms with Crippen LogP contribution in [-0.2, 0) is 4.57 Å². The minimum Gasteiger partial charge on any atom is -0.490 e. The van der Waals surface area contributed by atoms with Crippen LogP contribution in [0.2, 0.25) is 0 Å². The summed E-state index contributed by atoms with van der Waals surface area (Å²) in [5.41, 5.74) is 0. The molecule has 0 saturated heterocycles. The standard InChI is InChI=1S/C21H18BrO4P/c1-2-24-17-13-18(19(22)21-20(17)25-14-26-21)27(23,15-9-5-3-6-10-15)16-11-7-4-8-12-16/h3-13H,2,14H2,1H3. The fraction of sp³-hybridized carbons (Fsp3) is 0.143. The smallest absolute Gasteiger partial charge is 0.231 e. The van der Waals surface area contributed by atoms with Gasteiger partial charge in [0.05, 0.1) is 11.1 Å². The summed E-state index contributed by atoms with van der Waals surface area (Å²) in [5, 5.41) is 2.13. The summed E-state index contributed by atoms with van der Waals surface area (Å²) in [6.45, 7) is 2.48. The Morgan fingerprint density at radius 3 is 2.07 bits per heavy atom. The molecule has 27 heavy (non-hydrogen) atoms. The molecule has 0 spiro atoms. The Bertz CT molecular complexity index is 962. The molecule has 0 saturated carbocycles. The van der Waals surface area contributed by atoms with E-state index < -0.39 is 7.14 Å². The highest BCUT2D eigenvalue weighted by molar-refractivity contribution is 9.10. The van der Waals surface area contributed by atoms with Gasteiger partial charge in [0.15, 0.2) is 18.6 Å². The van der Waals surface area contributed by atoms with Gasteiger partial charge < -0.3 is 18.8 Å². The van der Waals surface area contributed by atoms with Crippen molar-refractivity contribution >= 4 is 39.0 Å². The molecule has 0 unspecified atom stereocenters. The predicted octanol–water partition coefficient (Wildman–Crippen LogP) is 4.22. The van der Waals surface area contributed by atoms with Crippen molar-refractivity contribution in [1.82, 2.24) is 0 Å². The number of hydrogen-bond donors (Lipinski definition) is 0. The third kappa shape index (κ3) is 3.05. The van der Waals surface area contributed by atoms with E-state index in [1.54, 1.807) is 0 Å². The lowest BCUT2D eigenvalue weighted by molar-refractivity contribution is 0.169. The SMILES string of the molecule is CCOc1cc(P(=O)(c2ccccc2)c2ccccc2)c(Br)c2c1OCO2. The molecule has 0 N–H and O–H groups in total. The Morgan fingerprint density at radius 1 is 0.963 bits per heavy atom. The van der Waals surface area contributed by atoms with Crippen LogP contribution in [0.1, 0.15) is 6.92 Å². The summed E-state index contributed by atoms with van der Waals surface area (Å²) >= 11 is 3.62. The Balaban J connectivity index is 2.03. The van der Waals surface area contributed by atoms with Crippen molar-refractivity contribution in [3.05, 3.63) is 71.2 Å². The van der Waals surface area contributed by atoms with E-state index in [1.165, 1.54) is 0 Å². The summed E-state index contributed by atoms with van der Waals surface area (Å²) in [5.74, 6) is 1.61. The first-order chi connectivity index (χ1) is 13.2. The van der Waals surface area contributed by atoms with Gasteiger partial charge in [0.1, 0.15) is 0 Å².